The summed E-state index contributed by atoms with van der Waals surface area (Å²) in [7, 11) is 0. The third-order valence-corrected chi connectivity index (χ3v) is 6.79. The molecular formula is C29H33ClN2O. The second kappa shape index (κ2) is 9.61. The molecule has 1 atom stereocenters. The average Bonchev–Trinajstić information content (AvgIpc) is 2.78. The Labute approximate surface area is 203 Å². The molecule has 0 saturated heterocycles. The summed E-state index contributed by atoms with van der Waals surface area (Å²) >= 11 is 6.19. The second-order valence-electron chi connectivity index (χ2n) is 9.62. The lowest BCUT2D eigenvalue weighted by Crippen LogP contribution is -2.48. The van der Waals surface area contributed by atoms with E-state index in [0.717, 1.165) is 30.8 Å². The van der Waals surface area contributed by atoms with Crippen molar-refractivity contribution in [1.82, 2.24) is 0 Å². The van der Waals surface area contributed by atoms with Crippen molar-refractivity contribution >= 4 is 29.2 Å². The van der Waals surface area contributed by atoms with Crippen molar-refractivity contribution in [2.45, 2.75) is 58.9 Å². The van der Waals surface area contributed by atoms with E-state index in [2.05, 4.69) is 51.7 Å². The molecule has 33 heavy (non-hydrogen) atoms. The van der Waals surface area contributed by atoms with Crippen LogP contribution in [0.1, 0.15) is 63.1 Å². The standard InChI is InChI=1S/C29H33ClN2O/c1-6-15-32-27-16-20(2)22(17-25(27)21(3)18-29(32,4)5)19-31-23-11-13-24(14-12-23)33-28-10-8-7-9-26(28)30/h7-14,16-17,19,21H,6,15,18H2,1-5H3. The Morgan fingerprint density at radius 1 is 1.12 bits per heavy atom. The van der Waals surface area contributed by atoms with Gasteiger partial charge in [0, 0.05) is 24.0 Å². The molecule has 0 N–H and O–H groups in total. The van der Waals surface area contributed by atoms with E-state index in [4.69, 9.17) is 21.3 Å². The second-order valence-corrected chi connectivity index (χ2v) is 10.0. The molecule has 4 heteroatoms. The summed E-state index contributed by atoms with van der Waals surface area (Å²) in [5, 5.41) is 0.595. The van der Waals surface area contributed by atoms with Gasteiger partial charge in [0.1, 0.15) is 11.5 Å². The third kappa shape index (κ3) is 5.09. The van der Waals surface area contributed by atoms with Gasteiger partial charge in [-0.25, -0.2) is 0 Å². The topological polar surface area (TPSA) is 24.8 Å². The molecule has 3 nitrogen and oxygen atoms in total. The van der Waals surface area contributed by atoms with Crippen LogP contribution in [0.5, 0.6) is 11.5 Å². The number of anilines is 1. The van der Waals surface area contributed by atoms with E-state index in [0.29, 0.717) is 16.7 Å². The summed E-state index contributed by atoms with van der Waals surface area (Å²) in [6, 6.07) is 19.9. The number of halogens is 1. The van der Waals surface area contributed by atoms with E-state index in [9.17, 15) is 0 Å². The molecule has 0 saturated carbocycles. The number of para-hydroxylation sites is 1. The number of benzene rings is 3. The molecule has 1 aliphatic heterocycles. The van der Waals surface area contributed by atoms with Gasteiger partial charge < -0.3 is 9.64 Å². The van der Waals surface area contributed by atoms with Crippen molar-refractivity contribution < 1.29 is 4.74 Å². The number of aliphatic imine (C=N–C) groups is 1. The summed E-state index contributed by atoms with van der Waals surface area (Å²) in [4.78, 5) is 7.33. The highest BCUT2D eigenvalue weighted by Crippen LogP contribution is 2.44. The quantitative estimate of drug-likeness (QED) is 0.343. The van der Waals surface area contributed by atoms with Gasteiger partial charge in [0.05, 0.1) is 10.7 Å². The van der Waals surface area contributed by atoms with Gasteiger partial charge in [-0.15, -0.1) is 0 Å². The zero-order chi connectivity index (χ0) is 23.6. The molecule has 0 fully saturated rings. The molecule has 3 aromatic rings. The largest absolute Gasteiger partial charge is 0.456 e. The molecule has 0 radical (unpaired) electrons. The first kappa shape index (κ1) is 23.4. The van der Waals surface area contributed by atoms with Crippen molar-refractivity contribution in [3.8, 4) is 11.5 Å². The van der Waals surface area contributed by atoms with Gasteiger partial charge >= 0.3 is 0 Å². The summed E-state index contributed by atoms with van der Waals surface area (Å²) < 4.78 is 5.88. The number of nitrogens with zero attached hydrogens (tertiary/aromatic N) is 2. The molecule has 0 aliphatic carbocycles. The smallest absolute Gasteiger partial charge is 0.146 e. The summed E-state index contributed by atoms with van der Waals surface area (Å²) in [5.74, 6) is 1.91. The summed E-state index contributed by atoms with van der Waals surface area (Å²) in [6.45, 7) is 12.6. The molecule has 0 aromatic heterocycles. The van der Waals surface area contributed by atoms with E-state index in [-0.39, 0.29) is 5.54 Å². The number of ether oxygens (including phenoxy) is 1. The van der Waals surface area contributed by atoms with Gasteiger partial charge in [0.25, 0.3) is 0 Å². The molecule has 1 heterocycles. The summed E-state index contributed by atoms with van der Waals surface area (Å²) in [6.07, 6.45) is 4.29. The zero-order valence-electron chi connectivity index (χ0n) is 20.2. The van der Waals surface area contributed by atoms with Crippen LogP contribution in [0.4, 0.5) is 11.4 Å². The van der Waals surface area contributed by atoms with Gasteiger partial charge in [-0.1, -0.05) is 37.6 Å². The van der Waals surface area contributed by atoms with Crippen molar-refractivity contribution in [2.24, 2.45) is 4.99 Å². The van der Waals surface area contributed by atoms with E-state index in [1.807, 2.05) is 54.7 Å². The van der Waals surface area contributed by atoms with Gasteiger partial charge in [0.15, 0.2) is 0 Å². The van der Waals surface area contributed by atoms with Crippen LogP contribution in [0, 0.1) is 6.92 Å². The number of hydrogen-bond donors (Lipinski definition) is 0. The van der Waals surface area contributed by atoms with Gasteiger partial charge in [-0.05, 0) is 105 Å². The molecule has 0 bridgehead atoms. The van der Waals surface area contributed by atoms with E-state index >= 15 is 0 Å². The fourth-order valence-electron chi connectivity index (χ4n) is 4.84. The van der Waals surface area contributed by atoms with Crippen LogP contribution in [0.15, 0.2) is 65.7 Å². The Morgan fingerprint density at radius 3 is 2.55 bits per heavy atom. The Balaban J connectivity index is 1.55. The van der Waals surface area contributed by atoms with Crippen molar-refractivity contribution in [3.63, 3.8) is 0 Å². The van der Waals surface area contributed by atoms with Crippen molar-refractivity contribution in [1.29, 1.82) is 0 Å². The van der Waals surface area contributed by atoms with E-state index in [1.165, 1.54) is 22.4 Å². The SMILES string of the molecule is CCCN1c2cc(C)c(C=Nc3ccc(Oc4ccccc4Cl)cc3)cc2C(C)CC1(C)C. The Bertz CT molecular complexity index is 1150. The Hall–Kier alpha value is -2.78. The lowest BCUT2D eigenvalue weighted by molar-refractivity contribution is 0.376. The number of fused-ring (bicyclic) bond motifs is 1. The first-order chi connectivity index (χ1) is 15.8. The van der Waals surface area contributed by atoms with Crippen LogP contribution in [-0.4, -0.2) is 18.3 Å². The molecule has 4 rings (SSSR count). The van der Waals surface area contributed by atoms with Crippen LogP contribution >= 0.6 is 11.6 Å². The fraction of sp³-hybridized carbons (Fsp3) is 0.345. The van der Waals surface area contributed by atoms with Crippen LogP contribution < -0.4 is 9.64 Å². The highest BCUT2D eigenvalue weighted by atomic mass is 35.5. The lowest BCUT2D eigenvalue weighted by atomic mass is 9.79. The number of aryl methyl sites for hydroxylation is 1. The monoisotopic (exact) mass is 460 g/mol. The molecule has 172 valence electrons. The van der Waals surface area contributed by atoms with Gasteiger partial charge in [0.2, 0.25) is 0 Å². The highest BCUT2D eigenvalue weighted by molar-refractivity contribution is 6.32. The predicted molar refractivity (Wildman–Crippen MR) is 141 cm³/mol. The van der Waals surface area contributed by atoms with Gasteiger partial charge in [-0.2, -0.15) is 0 Å². The normalized spacial score (nSPS) is 17.3. The highest BCUT2D eigenvalue weighted by Gasteiger charge is 2.36. The predicted octanol–water partition coefficient (Wildman–Crippen LogP) is 8.69. The van der Waals surface area contributed by atoms with E-state index in [1.54, 1.807) is 0 Å². The molecule has 0 spiro atoms. The average molecular weight is 461 g/mol. The number of hydrogen-bond acceptors (Lipinski definition) is 3. The van der Waals surface area contributed by atoms with Gasteiger partial charge in [-0.3, -0.25) is 4.99 Å². The molecule has 1 unspecified atom stereocenters. The minimum atomic E-state index is 0.179. The van der Waals surface area contributed by atoms with Crippen LogP contribution in [0.3, 0.4) is 0 Å². The Kier molecular flexibility index (Phi) is 6.81. The maximum absolute atomic E-state index is 6.19. The van der Waals surface area contributed by atoms with Crippen molar-refractivity contribution in [3.05, 3.63) is 82.4 Å². The maximum atomic E-state index is 6.19. The number of rotatable bonds is 6. The molecular weight excluding hydrogens is 428 g/mol. The molecule has 1 aliphatic rings. The molecule has 3 aromatic carbocycles. The van der Waals surface area contributed by atoms with Crippen LogP contribution in [0.2, 0.25) is 5.02 Å². The van der Waals surface area contributed by atoms with Crippen LogP contribution in [-0.2, 0) is 0 Å². The third-order valence-electron chi connectivity index (χ3n) is 6.47. The van der Waals surface area contributed by atoms with Crippen molar-refractivity contribution in [2.75, 3.05) is 11.4 Å². The van der Waals surface area contributed by atoms with E-state index < -0.39 is 0 Å². The summed E-state index contributed by atoms with van der Waals surface area (Å²) in [5.41, 5.74) is 6.31. The van der Waals surface area contributed by atoms with Crippen LogP contribution in [0.25, 0.3) is 0 Å². The maximum Gasteiger partial charge on any atom is 0.146 e. The minimum Gasteiger partial charge on any atom is -0.456 e. The Morgan fingerprint density at radius 2 is 1.85 bits per heavy atom. The molecule has 0 amide bonds. The minimum absolute atomic E-state index is 0.179. The first-order valence-corrected chi connectivity index (χ1v) is 12.1. The first-order valence-electron chi connectivity index (χ1n) is 11.8. The lowest BCUT2D eigenvalue weighted by Gasteiger charge is -2.48. The fourth-order valence-corrected chi connectivity index (χ4v) is 5.01. The zero-order valence-corrected chi connectivity index (χ0v) is 21.0.